The van der Waals surface area contributed by atoms with Crippen LogP contribution in [0.4, 0.5) is 18.0 Å². The van der Waals surface area contributed by atoms with Gasteiger partial charge in [0.05, 0.1) is 17.7 Å². The molecule has 0 radical (unpaired) electrons. The van der Waals surface area contributed by atoms with Gasteiger partial charge in [0.25, 0.3) is 5.89 Å². The number of carbonyl (C=O) groups excluding carboxylic acids is 1. The third-order valence-corrected chi connectivity index (χ3v) is 3.68. The maximum Gasteiger partial charge on any atom is 0.416 e. The Kier molecular flexibility index (Phi) is 5.59. The fraction of sp³-hybridized carbons (Fsp3) is 0.400. The van der Waals surface area contributed by atoms with Crippen molar-refractivity contribution < 1.29 is 27.2 Å². The number of alkyl carbamates (subject to hydrolysis) is 1. The maximum atomic E-state index is 12.7. The Morgan fingerprint density at radius 2 is 2.00 bits per heavy atom. The number of alkyl halides is 3. The molecule has 0 saturated heterocycles. The van der Waals surface area contributed by atoms with Gasteiger partial charge in [-0.05, 0) is 61.6 Å². The number of benzene rings is 1. The average Bonchev–Trinajstić information content (AvgIpc) is 2.91. The Labute approximate surface area is 155 Å². The van der Waals surface area contributed by atoms with Crippen LogP contribution >= 0.6 is 22.6 Å². The highest BCUT2D eigenvalue weighted by atomic mass is 127. The lowest BCUT2D eigenvalue weighted by atomic mass is 10.1. The molecule has 0 bridgehead atoms. The quantitative estimate of drug-likeness (QED) is 0.676. The highest BCUT2D eigenvalue weighted by Gasteiger charge is 2.31. The van der Waals surface area contributed by atoms with Gasteiger partial charge in [-0.2, -0.15) is 18.2 Å². The molecule has 25 heavy (non-hydrogen) atoms. The van der Waals surface area contributed by atoms with Crippen molar-refractivity contribution in [1.82, 2.24) is 15.5 Å². The molecule has 0 aliphatic heterocycles. The SMILES string of the molecule is CC(C)(C)OC(=O)NCc1noc(-c2ccc(C(F)(F)F)cc2I)n1. The predicted octanol–water partition coefficient (Wildman–Crippen LogP) is 4.38. The molecular weight excluding hydrogens is 454 g/mol. The zero-order valence-corrected chi connectivity index (χ0v) is 15.7. The lowest BCUT2D eigenvalue weighted by Gasteiger charge is -2.19. The summed E-state index contributed by atoms with van der Waals surface area (Å²) >= 11 is 1.77. The van der Waals surface area contributed by atoms with Crippen LogP contribution < -0.4 is 5.32 Å². The van der Waals surface area contributed by atoms with Gasteiger partial charge in [0.1, 0.15) is 5.60 Å². The highest BCUT2D eigenvalue weighted by molar-refractivity contribution is 14.1. The molecule has 0 fully saturated rings. The summed E-state index contributed by atoms with van der Waals surface area (Å²) < 4.78 is 48.5. The van der Waals surface area contributed by atoms with E-state index in [-0.39, 0.29) is 18.3 Å². The van der Waals surface area contributed by atoms with Gasteiger partial charge in [0.15, 0.2) is 5.82 Å². The molecule has 1 N–H and O–H groups in total. The van der Waals surface area contributed by atoms with Crippen molar-refractivity contribution in [3.05, 3.63) is 33.2 Å². The van der Waals surface area contributed by atoms with E-state index in [0.717, 1.165) is 12.1 Å². The molecule has 0 unspecified atom stereocenters. The number of aromatic nitrogens is 2. The van der Waals surface area contributed by atoms with E-state index in [4.69, 9.17) is 9.26 Å². The van der Waals surface area contributed by atoms with E-state index in [1.54, 1.807) is 43.4 Å². The van der Waals surface area contributed by atoms with Crippen LogP contribution in [0.15, 0.2) is 22.7 Å². The largest absolute Gasteiger partial charge is 0.444 e. The third kappa shape index (κ3) is 5.58. The summed E-state index contributed by atoms with van der Waals surface area (Å²) in [5.74, 6) is 0.246. The highest BCUT2D eigenvalue weighted by Crippen LogP contribution is 2.33. The van der Waals surface area contributed by atoms with Gasteiger partial charge >= 0.3 is 12.3 Å². The third-order valence-electron chi connectivity index (χ3n) is 2.78. The van der Waals surface area contributed by atoms with Gasteiger partial charge in [-0.3, -0.25) is 0 Å². The second-order valence-corrected chi connectivity index (χ2v) is 7.23. The number of halogens is 4. The zero-order chi connectivity index (χ0) is 18.8. The van der Waals surface area contributed by atoms with Crippen LogP contribution in [0.1, 0.15) is 32.2 Å². The normalized spacial score (nSPS) is 12.1. The lowest BCUT2D eigenvalue weighted by molar-refractivity contribution is -0.137. The van der Waals surface area contributed by atoms with Crippen molar-refractivity contribution in [1.29, 1.82) is 0 Å². The molecule has 1 aromatic heterocycles. The summed E-state index contributed by atoms with van der Waals surface area (Å²) in [4.78, 5) is 15.6. The smallest absolute Gasteiger partial charge is 0.416 e. The summed E-state index contributed by atoms with van der Waals surface area (Å²) in [6.07, 6.45) is -5.06. The molecule has 136 valence electrons. The number of amides is 1. The van der Waals surface area contributed by atoms with Crippen LogP contribution in [0.3, 0.4) is 0 Å². The molecule has 2 rings (SSSR count). The van der Waals surface area contributed by atoms with Gasteiger partial charge in [0, 0.05) is 3.57 Å². The van der Waals surface area contributed by atoms with Crippen molar-refractivity contribution in [3.63, 3.8) is 0 Å². The second-order valence-electron chi connectivity index (χ2n) is 6.06. The van der Waals surface area contributed by atoms with Gasteiger partial charge in [-0.1, -0.05) is 5.16 Å². The molecule has 0 aliphatic carbocycles. The molecule has 0 atom stereocenters. The van der Waals surface area contributed by atoms with Crippen molar-refractivity contribution in [2.45, 2.75) is 39.1 Å². The fourth-order valence-electron chi connectivity index (χ4n) is 1.77. The monoisotopic (exact) mass is 469 g/mol. The number of ether oxygens (including phenoxy) is 1. The van der Waals surface area contributed by atoms with Crippen molar-refractivity contribution in [3.8, 4) is 11.5 Å². The Morgan fingerprint density at radius 3 is 2.56 bits per heavy atom. The zero-order valence-electron chi connectivity index (χ0n) is 13.6. The first-order valence-corrected chi connectivity index (χ1v) is 8.20. The lowest BCUT2D eigenvalue weighted by Crippen LogP contribution is -2.32. The Bertz CT molecular complexity index is 769. The van der Waals surface area contributed by atoms with Gasteiger partial charge in [-0.15, -0.1) is 0 Å². The van der Waals surface area contributed by atoms with E-state index in [9.17, 15) is 18.0 Å². The van der Waals surface area contributed by atoms with E-state index < -0.39 is 23.4 Å². The van der Waals surface area contributed by atoms with Crippen molar-refractivity contribution in [2.75, 3.05) is 0 Å². The molecule has 0 spiro atoms. The molecule has 1 amide bonds. The molecule has 1 heterocycles. The van der Waals surface area contributed by atoms with Gasteiger partial charge in [0.2, 0.25) is 0 Å². The van der Waals surface area contributed by atoms with Crippen LogP contribution in [-0.4, -0.2) is 21.8 Å². The molecular formula is C15H15F3IN3O3. The Morgan fingerprint density at radius 1 is 1.32 bits per heavy atom. The Balaban J connectivity index is 2.08. The van der Waals surface area contributed by atoms with Gasteiger partial charge < -0.3 is 14.6 Å². The number of carbonyl (C=O) groups is 1. The van der Waals surface area contributed by atoms with Crippen molar-refractivity contribution >= 4 is 28.7 Å². The van der Waals surface area contributed by atoms with Crippen molar-refractivity contribution in [2.24, 2.45) is 0 Å². The molecule has 1 aromatic carbocycles. The summed E-state index contributed by atoms with van der Waals surface area (Å²) in [7, 11) is 0. The molecule has 10 heteroatoms. The number of nitrogens with zero attached hydrogens (tertiary/aromatic N) is 2. The average molecular weight is 469 g/mol. The minimum atomic E-state index is -4.42. The second kappa shape index (κ2) is 7.18. The first-order chi connectivity index (χ1) is 11.5. The first kappa shape index (κ1) is 19.5. The van der Waals surface area contributed by atoms with Crippen LogP contribution in [0, 0.1) is 3.57 Å². The van der Waals surface area contributed by atoms with Crippen LogP contribution in [-0.2, 0) is 17.5 Å². The van der Waals surface area contributed by atoms with E-state index >= 15 is 0 Å². The van der Waals surface area contributed by atoms with E-state index in [0.29, 0.717) is 9.13 Å². The maximum absolute atomic E-state index is 12.7. The van der Waals surface area contributed by atoms with Gasteiger partial charge in [-0.25, -0.2) is 4.79 Å². The molecule has 2 aromatic rings. The van der Waals surface area contributed by atoms with Crippen LogP contribution in [0.25, 0.3) is 11.5 Å². The molecule has 0 saturated carbocycles. The minimum Gasteiger partial charge on any atom is -0.444 e. The van der Waals surface area contributed by atoms with E-state index in [1.807, 2.05) is 0 Å². The Hall–Kier alpha value is -1.85. The summed E-state index contributed by atoms with van der Waals surface area (Å²) in [5, 5.41) is 6.16. The van der Waals surface area contributed by atoms with Crippen LogP contribution in [0.2, 0.25) is 0 Å². The van der Waals surface area contributed by atoms with E-state index in [2.05, 4.69) is 15.5 Å². The summed E-state index contributed by atoms with van der Waals surface area (Å²) in [6, 6.07) is 3.21. The number of hydrogen-bond donors (Lipinski definition) is 1. The fourth-order valence-corrected chi connectivity index (χ4v) is 2.51. The molecule has 6 nitrogen and oxygen atoms in total. The minimum absolute atomic E-state index is 0.0321. The summed E-state index contributed by atoms with van der Waals surface area (Å²) in [5.41, 5.74) is -1.01. The topological polar surface area (TPSA) is 77.2 Å². The first-order valence-electron chi connectivity index (χ1n) is 7.12. The number of rotatable bonds is 3. The van der Waals surface area contributed by atoms with Crippen LogP contribution in [0.5, 0.6) is 0 Å². The number of hydrogen-bond acceptors (Lipinski definition) is 5. The standard InChI is InChI=1S/C15H15F3IN3O3/c1-14(2,3)24-13(23)20-7-11-21-12(25-22-11)9-5-4-8(6-10(9)19)15(16,17)18/h4-6H,7H2,1-3H3,(H,20,23). The molecule has 0 aliphatic rings. The number of nitrogens with one attached hydrogen (secondary N) is 1. The van der Waals surface area contributed by atoms with E-state index in [1.165, 1.54) is 6.07 Å². The summed E-state index contributed by atoms with van der Waals surface area (Å²) in [6.45, 7) is 5.15. The predicted molar refractivity (Wildman–Crippen MR) is 90.5 cm³/mol.